The molecule has 0 radical (unpaired) electrons. The second kappa shape index (κ2) is 9.93. The summed E-state index contributed by atoms with van der Waals surface area (Å²) in [5.74, 6) is -0.299. The molecule has 4 nitrogen and oxygen atoms in total. The van der Waals surface area contributed by atoms with E-state index < -0.39 is 0 Å². The summed E-state index contributed by atoms with van der Waals surface area (Å²) in [5.41, 5.74) is 0. The van der Waals surface area contributed by atoms with Crippen molar-refractivity contribution < 1.29 is 19.7 Å². The molecule has 0 aromatic rings. The van der Waals surface area contributed by atoms with Gasteiger partial charge in [-0.1, -0.05) is 6.42 Å². The molecular weight excluding hydrogens is 196 g/mol. The molecule has 0 aliphatic rings. The highest BCUT2D eigenvalue weighted by Gasteiger charge is 2.18. The van der Waals surface area contributed by atoms with Crippen molar-refractivity contribution in [3.63, 3.8) is 0 Å². The quantitative estimate of drug-likeness (QED) is 0.449. The van der Waals surface area contributed by atoms with E-state index in [0.717, 1.165) is 19.3 Å². The number of aliphatic hydroxyl groups is 2. The molecule has 0 amide bonds. The zero-order chi connectivity index (χ0) is 11.5. The van der Waals surface area contributed by atoms with Crippen molar-refractivity contribution in [2.24, 2.45) is 5.92 Å². The molecule has 0 heterocycles. The molecular formula is C11H22O4. The van der Waals surface area contributed by atoms with Gasteiger partial charge in [0.15, 0.2) is 0 Å². The second-order valence-electron chi connectivity index (χ2n) is 3.53. The van der Waals surface area contributed by atoms with Crippen LogP contribution in [0.3, 0.4) is 0 Å². The molecule has 0 aromatic carbocycles. The Morgan fingerprint density at radius 2 is 1.73 bits per heavy atom. The van der Waals surface area contributed by atoms with Gasteiger partial charge in [-0.15, -0.1) is 0 Å². The normalized spacial score (nSPS) is 12.5. The lowest BCUT2D eigenvalue weighted by molar-refractivity contribution is -0.148. The van der Waals surface area contributed by atoms with Crippen LogP contribution in [-0.2, 0) is 9.53 Å². The van der Waals surface area contributed by atoms with E-state index in [4.69, 9.17) is 14.9 Å². The lowest BCUT2D eigenvalue weighted by atomic mass is 9.97. The summed E-state index contributed by atoms with van der Waals surface area (Å²) in [7, 11) is 0. The molecule has 0 aromatic heterocycles. The highest BCUT2D eigenvalue weighted by molar-refractivity contribution is 5.72. The molecule has 0 spiro atoms. The predicted molar refractivity (Wildman–Crippen MR) is 57.4 cm³/mol. The van der Waals surface area contributed by atoms with Crippen molar-refractivity contribution in [2.45, 2.75) is 39.0 Å². The molecule has 0 rings (SSSR count). The Morgan fingerprint density at radius 1 is 1.13 bits per heavy atom. The van der Waals surface area contributed by atoms with Gasteiger partial charge in [0.25, 0.3) is 0 Å². The highest BCUT2D eigenvalue weighted by Crippen LogP contribution is 2.16. The minimum Gasteiger partial charge on any atom is -0.466 e. The Kier molecular flexibility index (Phi) is 9.52. The third-order valence-corrected chi connectivity index (χ3v) is 2.29. The molecule has 0 bridgehead atoms. The number of carbonyl (C=O) groups excluding carboxylic acids is 1. The van der Waals surface area contributed by atoms with E-state index in [1.807, 2.05) is 0 Å². The topological polar surface area (TPSA) is 66.8 Å². The van der Waals surface area contributed by atoms with Crippen molar-refractivity contribution in [2.75, 3.05) is 19.8 Å². The summed E-state index contributed by atoms with van der Waals surface area (Å²) in [6.07, 6.45) is 3.57. The Balaban J connectivity index is 3.87. The lowest BCUT2D eigenvalue weighted by Crippen LogP contribution is -2.18. The van der Waals surface area contributed by atoms with Crippen molar-refractivity contribution in [3.05, 3.63) is 0 Å². The van der Waals surface area contributed by atoms with E-state index in [-0.39, 0.29) is 25.1 Å². The first kappa shape index (κ1) is 14.4. The summed E-state index contributed by atoms with van der Waals surface area (Å²) in [6, 6.07) is 0. The van der Waals surface area contributed by atoms with Gasteiger partial charge in [-0.05, 0) is 32.6 Å². The fourth-order valence-corrected chi connectivity index (χ4v) is 1.48. The van der Waals surface area contributed by atoms with Gasteiger partial charge < -0.3 is 14.9 Å². The molecule has 0 aliphatic heterocycles. The number of unbranched alkanes of at least 4 members (excludes halogenated alkanes) is 1. The monoisotopic (exact) mass is 218 g/mol. The maximum atomic E-state index is 11.5. The van der Waals surface area contributed by atoms with Crippen LogP contribution < -0.4 is 0 Å². The minimum absolute atomic E-state index is 0.107. The Bertz CT molecular complexity index is 159. The SMILES string of the molecule is CCOC(=O)C(CCCO)CCCCO. The van der Waals surface area contributed by atoms with E-state index in [1.165, 1.54) is 0 Å². The number of ether oxygens (including phenoxy) is 1. The average Bonchev–Trinajstić information content (AvgIpc) is 2.23. The van der Waals surface area contributed by atoms with Crippen LogP contribution in [0.5, 0.6) is 0 Å². The van der Waals surface area contributed by atoms with Crippen LogP contribution >= 0.6 is 0 Å². The third kappa shape index (κ3) is 7.33. The molecule has 0 fully saturated rings. The molecule has 0 aliphatic carbocycles. The fraction of sp³-hybridized carbons (Fsp3) is 0.909. The Labute approximate surface area is 91.3 Å². The van der Waals surface area contributed by atoms with Crippen LogP contribution in [0, 0.1) is 5.92 Å². The van der Waals surface area contributed by atoms with Gasteiger partial charge >= 0.3 is 5.97 Å². The number of hydrogen-bond donors (Lipinski definition) is 2. The van der Waals surface area contributed by atoms with Gasteiger partial charge in [0.1, 0.15) is 0 Å². The largest absolute Gasteiger partial charge is 0.466 e. The zero-order valence-corrected chi connectivity index (χ0v) is 9.45. The number of aliphatic hydroxyl groups excluding tert-OH is 2. The highest BCUT2D eigenvalue weighted by atomic mass is 16.5. The lowest BCUT2D eigenvalue weighted by Gasteiger charge is -2.14. The van der Waals surface area contributed by atoms with Crippen molar-refractivity contribution in [1.29, 1.82) is 0 Å². The van der Waals surface area contributed by atoms with Crippen LogP contribution in [0.1, 0.15) is 39.0 Å². The van der Waals surface area contributed by atoms with E-state index >= 15 is 0 Å². The maximum Gasteiger partial charge on any atom is 0.308 e. The molecule has 15 heavy (non-hydrogen) atoms. The summed E-state index contributed by atoms with van der Waals surface area (Å²) in [5, 5.41) is 17.3. The van der Waals surface area contributed by atoms with E-state index in [9.17, 15) is 4.79 Å². The van der Waals surface area contributed by atoms with Gasteiger partial charge in [0.2, 0.25) is 0 Å². The van der Waals surface area contributed by atoms with Gasteiger partial charge in [0.05, 0.1) is 12.5 Å². The summed E-state index contributed by atoms with van der Waals surface area (Å²) in [6.45, 7) is 2.45. The first-order chi connectivity index (χ1) is 7.26. The molecule has 2 N–H and O–H groups in total. The first-order valence-corrected chi connectivity index (χ1v) is 5.64. The Hall–Kier alpha value is -0.610. The van der Waals surface area contributed by atoms with E-state index in [1.54, 1.807) is 6.92 Å². The van der Waals surface area contributed by atoms with Gasteiger partial charge in [-0.3, -0.25) is 4.79 Å². The number of rotatable bonds is 9. The fourth-order valence-electron chi connectivity index (χ4n) is 1.48. The number of esters is 1. The van der Waals surface area contributed by atoms with Crippen LogP contribution in [0.15, 0.2) is 0 Å². The van der Waals surface area contributed by atoms with E-state index in [2.05, 4.69) is 0 Å². The molecule has 0 saturated heterocycles. The summed E-state index contributed by atoms with van der Waals surface area (Å²) >= 11 is 0. The number of carbonyl (C=O) groups is 1. The van der Waals surface area contributed by atoms with Crippen LogP contribution in [0.4, 0.5) is 0 Å². The molecule has 4 heteroatoms. The maximum absolute atomic E-state index is 11.5. The van der Waals surface area contributed by atoms with Crippen molar-refractivity contribution in [1.82, 2.24) is 0 Å². The molecule has 1 atom stereocenters. The zero-order valence-electron chi connectivity index (χ0n) is 9.45. The van der Waals surface area contributed by atoms with Crippen molar-refractivity contribution in [3.8, 4) is 0 Å². The Morgan fingerprint density at radius 3 is 2.27 bits per heavy atom. The first-order valence-electron chi connectivity index (χ1n) is 5.64. The van der Waals surface area contributed by atoms with Gasteiger partial charge in [-0.2, -0.15) is 0 Å². The smallest absolute Gasteiger partial charge is 0.308 e. The van der Waals surface area contributed by atoms with E-state index in [0.29, 0.717) is 19.4 Å². The van der Waals surface area contributed by atoms with Crippen LogP contribution in [0.2, 0.25) is 0 Å². The number of hydrogen-bond acceptors (Lipinski definition) is 4. The minimum atomic E-state index is -0.177. The summed E-state index contributed by atoms with van der Waals surface area (Å²) < 4.78 is 4.95. The third-order valence-electron chi connectivity index (χ3n) is 2.29. The molecule has 1 unspecified atom stereocenters. The summed E-state index contributed by atoms with van der Waals surface area (Å²) in [4.78, 5) is 11.5. The van der Waals surface area contributed by atoms with Gasteiger partial charge in [-0.25, -0.2) is 0 Å². The molecule has 0 saturated carbocycles. The second-order valence-corrected chi connectivity index (χ2v) is 3.53. The van der Waals surface area contributed by atoms with Gasteiger partial charge in [0, 0.05) is 13.2 Å². The average molecular weight is 218 g/mol. The van der Waals surface area contributed by atoms with Crippen LogP contribution in [0.25, 0.3) is 0 Å². The molecule has 90 valence electrons. The van der Waals surface area contributed by atoms with Crippen molar-refractivity contribution >= 4 is 5.97 Å². The van der Waals surface area contributed by atoms with Crippen LogP contribution in [-0.4, -0.2) is 36.0 Å². The predicted octanol–water partition coefficient (Wildman–Crippen LogP) is 1.10. The standard InChI is InChI=1S/C11H22O4/c1-2-15-11(14)10(7-5-9-13)6-3-4-8-12/h10,12-13H,2-9H2,1H3.